The number of carbonyl (C=O) groups is 1. The van der Waals surface area contributed by atoms with E-state index >= 15 is 0 Å². The van der Waals surface area contributed by atoms with Crippen molar-refractivity contribution in [3.63, 3.8) is 0 Å². The smallest absolute Gasteiger partial charge is 0.163 e. The van der Waals surface area contributed by atoms with Crippen LogP contribution in [0.2, 0.25) is 0 Å². The van der Waals surface area contributed by atoms with Gasteiger partial charge in [-0.2, -0.15) is 0 Å². The first-order valence-electron chi connectivity index (χ1n) is 6.74. The molecule has 2 unspecified atom stereocenters. The molecule has 0 aliphatic heterocycles. The lowest BCUT2D eigenvalue weighted by Crippen LogP contribution is -2.28. The van der Waals surface area contributed by atoms with Crippen LogP contribution in [0.15, 0.2) is 30.3 Å². The van der Waals surface area contributed by atoms with Gasteiger partial charge in [0.1, 0.15) is 9.84 Å². The van der Waals surface area contributed by atoms with E-state index in [4.69, 9.17) is 0 Å². The summed E-state index contributed by atoms with van der Waals surface area (Å²) in [4.78, 5) is 12.1. The molecule has 1 aliphatic carbocycles. The zero-order valence-corrected chi connectivity index (χ0v) is 12.0. The molecule has 0 heterocycles. The standard InChI is InChI=1S/C15H20O3S/c1-19(17,18)14-9-5-6-12(10-14)11-15(16)13-7-3-2-4-8-13/h2-4,7-8,12,14H,5-6,9-11H2,1H3. The van der Waals surface area contributed by atoms with Crippen molar-refractivity contribution in [3.8, 4) is 0 Å². The molecule has 2 rings (SSSR count). The highest BCUT2D eigenvalue weighted by Crippen LogP contribution is 2.31. The maximum absolute atomic E-state index is 12.1. The van der Waals surface area contributed by atoms with Crippen molar-refractivity contribution in [2.24, 2.45) is 5.92 Å². The summed E-state index contributed by atoms with van der Waals surface area (Å²) in [6.07, 6.45) is 5.02. The van der Waals surface area contributed by atoms with Crippen molar-refractivity contribution in [3.05, 3.63) is 35.9 Å². The Morgan fingerprint density at radius 1 is 1.21 bits per heavy atom. The number of rotatable bonds is 4. The third kappa shape index (κ3) is 3.90. The molecule has 104 valence electrons. The van der Waals surface area contributed by atoms with Gasteiger partial charge in [-0.15, -0.1) is 0 Å². The zero-order chi connectivity index (χ0) is 13.9. The fourth-order valence-corrected chi connectivity index (χ4v) is 4.04. The Morgan fingerprint density at radius 3 is 2.53 bits per heavy atom. The van der Waals surface area contributed by atoms with E-state index in [0.717, 1.165) is 24.8 Å². The van der Waals surface area contributed by atoms with E-state index in [-0.39, 0.29) is 17.0 Å². The predicted octanol–water partition coefficient (Wildman–Crippen LogP) is 2.86. The third-order valence-corrected chi connectivity index (χ3v) is 5.55. The second-order valence-electron chi connectivity index (χ2n) is 5.48. The first-order chi connectivity index (χ1) is 8.97. The van der Waals surface area contributed by atoms with Crippen LogP contribution in [0.5, 0.6) is 0 Å². The van der Waals surface area contributed by atoms with Gasteiger partial charge in [0.2, 0.25) is 0 Å². The Kier molecular flexibility index (Phi) is 4.40. The molecule has 0 saturated heterocycles. The van der Waals surface area contributed by atoms with E-state index in [1.54, 1.807) is 0 Å². The van der Waals surface area contributed by atoms with Crippen LogP contribution in [0.3, 0.4) is 0 Å². The largest absolute Gasteiger partial charge is 0.294 e. The highest BCUT2D eigenvalue weighted by molar-refractivity contribution is 7.91. The monoisotopic (exact) mass is 280 g/mol. The van der Waals surface area contributed by atoms with Crippen LogP contribution < -0.4 is 0 Å². The normalized spacial score (nSPS) is 24.1. The highest BCUT2D eigenvalue weighted by Gasteiger charge is 2.29. The van der Waals surface area contributed by atoms with Crippen LogP contribution in [-0.4, -0.2) is 25.7 Å². The molecule has 0 bridgehead atoms. The molecule has 0 N–H and O–H groups in total. The molecule has 1 aromatic carbocycles. The first-order valence-corrected chi connectivity index (χ1v) is 8.69. The minimum Gasteiger partial charge on any atom is -0.294 e. The summed E-state index contributed by atoms with van der Waals surface area (Å²) >= 11 is 0. The van der Waals surface area contributed by atoms with Crippen LogP contribution in [0.1, 0.15) is 42.5 Å². The molecular weight excluding hydrogens is 260 g/mol. The minimum atomic E-state index is -2.97. The Balaban J connectivity index is 1.98. The Labute approximate surface area is 114 Å². The summed E-state index contributed by atoms with van der Waals surface area (Å²) in [5.74, 6) is 0.334. The number of ketones is 1. The number of hydrogen-bond donors (Lipinski definition) is 0. The molecule has 1 aromatic rings. The van der Waals surface area contributed by atoms with Gasteiger partial charge in [-0.05, 0) is 25.2 Å². The van der Waals surface area contributed by atoms with E-state index < -0.39 is 9.84 Å². The molecule has 19 heavy (non-hydrogen) atoms. The summed E-state index contributed by atoms with van der Waals surface area (Å²) < 4.78 is 23.2. The van der Waals surface area contributed by atoms with E-state index in [9.17, 15) is 13.2 Å². The molecule has 0 radical (unpaired) electrons. The highest BCUT2D eigenvalue weighted by atomic mass is 32.2. The Hall–Kier alpha value is -1.16. The number of benzene rings is 1. The molecule has 0 spiro atoms. The van der Waals surface area contributed by atoms with Gasteiger partial charge in [0, 0.05) is 18.2 Å². The number of Topliss-reactive ketones (excluding diaryl/α,β-unsaturated/α-hetero) is 1. The molecular formula is C15H20O3S. The van der Waals surface area contributed by atoms with Gasteiger partial charge in [0.25, 0.3) is 0 Å². The average molecular weight is 280 g/mol. The van der Waals surface area contributed by atoms with E-state index in [0.29, 0.717) is 12.8 Å². The fourth-order valence-electron chi connectivity index (χ4n) is 2.82. The predicted molar refractivity (Wildman–Crippen MR) is 76.0 cm³/mol. The maximum atomic E-state index is 12.1. The second-order valence-corrected chi connectivity index (χ2v) is 7.80. The second kappa shape index (κ2) is 5.87. The maximum Gasteiger partial charge on any atom is 0.163 e. The topological polar surface area (TPSA) is 51.2 Å². The fraction of sp³-hybridized carbons (Fsp3) is 0.533. The van der Waals surface area contributed by atoms with Crippen molar-refractivity contribution < 1.29 is 13.2 Å². The van der Waals surface area contributed by atoms with E-state index in [1.807, 2.05) is 30.3 Å². The van der Waals surface area contributed by atoms with Crippen LogP contribution >= 0.6 is 0 Å². The summed E-state index contributed by atoms with van der Waals surface area (Å²) in [5, 5.41) is -0.255. The van der Waals surface area contributed by atoms with Crippen molar-refractivity contribution in [1.82, 2.24) is 0 Å². The zero-order valence-electron chi connectivity index (χ0n) is 11.2. The van der Waals surface area contributed by atoms with Crippen molar-refractivity contribution >= 4 is 15.6 Å². The first kappa shape index (κ1) is 14.3. The molecule has 1 saturated carbocycles. The average Bonchev–Trinajstić information content (AvgIpc) is 2.39. The SMILES string of the molecule is CS(=O)(=O)C1CCCC(CC(=O)c2ccccc2)C1. The van der Waals surface area contributed by atoms with E-state index in [1.165, 1.54) is 6.26 Å². The summed E-state index contributed by atoms with van der Waals surface area (Å²) in [6, 6.07) is 9.23. The summed E-state index contributed by atoms with van der Waals surface area (Å²) in [6.45, 7) is 0. The molecule has 0 amide bonds. The summed E-state index contributed by atoms with van der Waals surface area (Å²) in [7, 11) is -2.97. The van der Waals surface area contributed by atoms with Gasteiger partial charge >= 0.3 is 0 Å². The molecule has 3 nitrogen and oxygen atoms in total. The van der Waals surface area contributed by atoms with Crippen LogP contribution in [0, 0.1) is 5.92 Å². The van der Waals surface area contributed by atoms with Gasteiger partial charge in [0.15, 0.2) is 5.78 Å². The van der Waals surface area contributed by atoms with Crippen molar-refractivity contribution in [2.45, 2.75) is 37.4 Å². The number of sulfone groups is 1. The van der Waals surface area contributed by atoms with Gasteiger partial charge in [-0.3, -0.25) is 4.79 Å². The molecule has 4 heteroatoms. The molecule has 1 fully saturated rings. The lowest BCUT2D eigenvalue weighted by atomic mass is 9.84. The quantitative estimate of drug-likeness (QED) is 0.797. The van der Waals surface area contributed by atoms with Crippen LogP contribution in [0.4, 0.5) is 0 Å². The number of carbonyl (C=O) groups excluding carboxylic acids is 1. The molecule has 0 aromatic heterocycles. The van der Waals surface area contributed by atoms with Crippen molar-refractivity contribution in [2.75, 3.05) is 6.26 Å². The third-order valence-electron chi connectivity index (χ3n) is 3.91. The number of hydrogen-bond acceptors (Lipinski definition) is 3. The van der Waals surface area contributed by atoms with E-state index in [2.05, 4.69) is 0 Å². The van der Waals surface area contributed by atoms with Gasteiger partial charge in [-0.1, -0.05) is 36.8 Å². The van der Waals surface area contributed by atoms with Crippen molar-refractivity contribution in [1.29, 1.82) is 0 Å². The minimum absolute atomic E-state index is 0.125. The van der Waals surface area contributed by atoms with Gasteiger partial charge < -0.3 is 0 Å². The lowest BCUT2D eigenvalue weighted by molar-refractivity contribution is 0.0950. The van der Waals surface area contributed by atoms with Gasteiger partial charge in [-0.25, -0.2) is 8.42 Å². The van der Waals surface area contributed by atoms with Gasteiger partial charge in [0.05, 0.1) is 5.25 Å². The van der Waals surface area contributed by atoms with Crippen LogP contribution in [-0.2, 0) is 9.84 Å². The Bertz CT molecular complexity index is 534. The molecule has 1 aliphatic rings. The Morgan fingerprint density at radius 2 is 1.89 bits per heavy atom. The lowest BCUT2D eigenvalue weighted by Gasteiger charge is -2.27. The van der Waals surface area contributed by atoms with Crippen LogP contribution in [0.25, 0.3) is 0 Å². The molecule has 2 atom stereocenters. The summed E-state index contributed by atoms with van der Waals surface area (Å²) in [5.41, 5.74) is 0.726.